The molecule has 1 aliphatic rings. The molecule has 1 unspecified atom stereocenters. The minimum Gasteiger partial charge on any atom is -0.463 e. The van der Waals surface area contributed by atoms with E-state index in [1.54, 1.807) is 6.92 Å². The average molecular weight is 394 g/mol. The van der Waals surface area contributed by atoms with Crippen LogP contribution in [-0.2, 0) is 9.53 Å². The van der Waals surface area contributed by atoms with E-state index in [1.165, 1.54) is 0 Å². The van der Waals surface area contributed by atoms with Crippen molar-refractivity contribution in [1.29, 1.82) is 0 Å². The van der Waals surface area contributed by atoms with Crippen molar-refractivity contribution in [2.75, 3.05) is 6.61 Å². The molecule has 0 radical (unpaired) electrons. The van der Waals surface area contributed by atoms with Gasteiger partial charge in [-0.3, -0.25) is 0 Å². The van der Waals surface area contributed by atoms with Crippen LogP contribution in [0, 0.1) is 6.92 Å². The van der Waals surface area contributed by atoms with Crippen molar-refractivity contribution in [1.82, 2.24) is 10.6 Å². The molecular formula is C23H26N2O4. The van der Waals surface area contributed by atoms with Crippen molar-refractivity contribution in [3.63, 3.8) is 0 Å². The Morgan fingerprint density at radius 3 is 2.48 bits per heavy atom. The van der Waals surface area contributed by atoms with E-state index in [2.05, 4.69) is 10.6 Å². The Kier molecular flexibility index (Phi) is 6.54. The first-order valence-corrected chi connectivity index (χ1v) is 9.84. The number of esters is 1. The number of carbonyl (C=O) groups is 2. The van der Waals surface area contributed by atoms with Gasteiger partial charge in [0.2, 0.25) is 0 Å². The summed E-state index contributed by atoms with van der Waals surface area (Å²) in [4.78, 5) is 24.8. The number of ether oxygens (including phenoxy) is 2. The minimum atomic E-state index is -0.572. The summed E-state index contributed by atoms with van der Waals surface area (Å²) in [5.41, 5.74) is 2.96. The van der Waals surface area contributed by atoms with Crippen LogP contribution in [0.4, 0.5) is 4.79 Å². The number of rotatable bonds is 7. The van der Waals surface area contributed by atoms with Gasteiger partial charge in [-0.25, -0.2) is 9.59 Å². The van der Waals surface area contributed by atoms with Crippen LogP contribution in [0.3, 0.4) is 0 Å². The van der Waals surface area contributed by atoms with E-state index >= 15 is 0 Å². The van der Waals surface area contributed by atoms with Crippen LogP contribution in [0.5, 0.6) is 11.5 Å². The fraction of sp³-hybridized carbons (Fsp3) is 0.304. The largest absolute Gasteiger partial charge is 0.463 e. The number of nitrogens with one attached hydrogen (secondary N) is 2. The van der Waals surface area contributed by atoms with Crippen LogP contribution in [0.2, 0.25) is 0 Å². The van der Waals surface area contributed by atoms with Crippen molar-refractivity contribution in [3.8, 4) is 11.5 Å². The monoisotopic (exact) mass is 394 g/mol. The van der Waals surface area contributed by atoms with E-state index in [4.69, 9.17) is 9.47 Å². The van der Waals surface area contributed by atoms with Gasteiger partial charge in [0.25, 0.3) is 0 Å². The smallest absolute Gasteiger partial charge is 0.338 e. The Balaban J connectivity index is 1.89. The van der Waals surface area contributed by atoms with E-state index in [0.29, 0.717) is 23.4 Å². The number of allylic oxidation sites excluding steroid dienone is 1. The summed E-state index contributed by atoms with van der Waals surface area (Å²) in [6.45, 7) is 6.04. The maximum atomic E-state index is 12.6. The van der Waals surface area contributed by atoms with Crippen LogP contribution in [0.15, 0.2) is 59.8 Å². The molecule has 1 aliphatic heterocycles. The van der Waals surface area contributed by atoms with Crippen molar-refractivity contribution < 1.29 is 19.1 Å². The molecule has 0 saturated heterocycles. The molecule has 2 aromatic carbocycles. The summed E-state index contributed by atoms with van der Waals surface area (Å²) in [6.07, 6.45) is 1.39. The number of carbonyl (C=O) groups excluding carboxylic acids is 2. The summed E-state index contributed by atoms with van der Waals surface area (Å²) >= 11 is 0. The molecule has 0 fully saturated rings. The molecule has 6 nitrogen and oxygen atoms in total. The number of amides is 2. The van der Waals surface area contributed by atoms with Crippen LogP contribution >= 0.6 is 0 Å². The molecule has 3 rings (SSSR count). The highest BCUT2D eigenvalue weighted by atomic mass is 16.5. The predicted molar refractivity (Wildman–Crippen MR) is 111 cm³/mol. The molecule has 6 heteroatoms. The summed E-state index contributed by atoms with van der Waals surface area (Å²) in [7, 11) is 0. The normalized spacial score (nSPS) is 16.1. The van der Waals surface area contributed by atoms with Crippen molar-refractivity contribution in [2.24, 2.45) is 0 Å². The Morgan fingerprint density at radius 2 is 1.83 bits per heavy atom. The van der Waals surface area contributed by atoms with Crippen molar-refractivity contribution >= 4 is 12.0 Å². The molecule has 0 saturated carbocycles. The Labute approximate surface area is 170 Å². The fourth-order valence-electron chi connectivity index (χ4n) is 3.31. The number of aryl methyl sites for hydroxylation is 1. The van der Waals surface area contributed by atoms with Crippen molar-refractivity contribution in [2.45, 2.75) is 39.7 Å². The first-order chi connectivity index (χ1) is 14.0. The highest BCUT2D eigenvalue weighted by molar-refractivity contribution is 5.95. The lowest BCUT2D eigenvalue weighted by atomic mass is 9.94. The number of urea groups is 1. The summed E-state index contributed by atoms with van der Waals surface area (Å²) in [5.74, 6) is 1.01. The molecule has 0 aromatic heterocycles. The molecule has 2 amide bonds. The first kappa shape index (κ1) is 20.5. The van der Waals surface area contributed by atoms with E-state index in [0.717, 1.165) is 23.3 Å². The SMILES string of the molecule is CCCC1=C(C(=O)OCC)C(c2ccc(Oc3cccc(C)c3)cc2)NC(=O)N1. The van der Waals surface area contributed by atoms with Gasteiger partial charge < -0.3 is 20.1 Å². The van der Waals surface area contributed by atoms with Gasteiger partial charge >= 0.3 is 12.0 Å². The molecule has 29 heavy (non-hydrogen) atoms. The number of benzene rings is 2. The maximum absolute atomic E-state index is 12.6. The van der Waals surface area contributed by atoms with Gasteiger partial charge in [0.1, 0.15) is 11.5 Å². The molecule has 2 aromatic rings. The number of hydrogen-bond acceptors (Lipinski definition) is 4. The molecule has 152 valence electrons. The van der Waals surface area contributed by atoms with Gasteiger partial charge in [0.15, 0.2) is 0 Å². The van der Waals surface area contributed by atoms with Gasteiger partial charge in [0.05, 0.1) is 18.2 Å². The molecule has 1 heterocycles. The van der Waals surface area contributed by atoms with Crippen LogP contribution in [-0.4, -0.2) is 18.6 Å². The lowest BCUT2D eigenvalue weighted by Gasteiger charge is -2.29. The topological polar surface area (TPSA) is 76.7 Å². The molecular weight excluding hydrogens is 368 g/mol. The van der Waals surface area contributed by atoms with E-state index < -0.39 is 12.0 Å². The Morgan fingerprint density at radius 1 is 1.07 bits per heavy atom. The lowest BCUT2D eigenvalue weighted by Crippen LogP contribution is -2.46. The molecule has 0 aliphatic carbocycles. The third-order valence-corrected chi connectivity index (χ3v) is 4.59. The third-order valence-electron chi connectivity index (χ3n) is 4.59. The highest BCUT2D eigenvalue weighted by Crippen LogP contribution is 2.31. The lowest BCUT2D eigenvalue weighted by molar-refractivity contribution is -0.139. The first-order valence-electron chi connectivity index (χ1n) is 9.84. The van der Waals surface area contributed by atoms with E-state index in [9.17, 15) is 9.59 Å². The molecule has 0 bridgehead atoms. The fourth-order valence-corrected chi connectivity index (χ4v) is 3.31. The van der Waals surface area contributed by atoms with Crippen LogP contribution in [0.1, 0.15) is 43.9 Å². The van der Waals surface area contributed by atoms with Gasteiger partial charge in [-0.1, -0.05) is 37.6 Å². The number of hydrogen-bond donors (Lipinski definition) is 2. The zero-order chi connectivity index (χ0) is 20.8. The summed E-state index contributed by atoms with van der Waals surface area (Å²) < 4.78 is 11.1. The van der Waals surface area contributed by atoms with Crippen LogP contribution in [0.25, 0.3) is 0 Å². The second-order valence-corrected chi connectivity index (χ2v) is 6.88. The second kappa shape index (κ2) is 9.28. The average Bonchev–Trinajstić information content (AvgIpc) is 2.68. The van der Waals surface area contributed by atoms with Gasteiger partial charge in [-0.15, -0.1) is 0 Å². The molecule has 0 spiro atoms. The highest BCUT2D eigenvalue weighted by Gasteiger charge is 2.33. The predicted octanol–water partition coefficient (Wildman–Crippen LogP) is 4.76. The summed E-state index contributed by atoms with van der Waals surface area (Å²) in [6, 6.07) is 14.3. The Hall–Kier alpha value is -3.28. The van der Waals surface area contributed by atoms with E-state index in [1.807, 2.05) is 62.4 Å². The third kappa shape index (κ3) is 4.96. The zero-order valence-corrected chi connectivity index (χ0v) is 17.0. The van der Waals surface area contributed by atoms with Crippen molar-refractivity contribution in [3.05, 3.63) is 70.9 Å². The van der Waals surface area contributed by atoms with E-state index in [-0.39, 0.29) is 12.6 Å². The molecule has 2 N–H and O–H groups in total. The van der Waals surface area contributed by atoms with Gasteiger partial charge in [-0.2, -0.15) is 0 Å². The summed E-state index contributed by atoms with van der Waals surface area (Å²) in [5, 5.41) is 5.60. The standard InChI is InChI=1S/C23H26N2O4/c1-4-7-19-20(22(26)28-5-2)21(25-23(27)24-19)16-10-12-17(13-11-16)29-18-9-6-8-15(3)14-18/h6,8-14,21H,4-5,7H2,1-3H3,(H2,24,25,27). The van der Waals surface area contributed by atoms with Gasteiger partial charge in [0, 0.05) is 5.70 Å². The molecule has 1 atom stereocenters. The van der Waals surface area contributed by atoms with Gasteiger partial charge in [-0.05, 0) is 55.7 Å². The zero-order valence-electron chi connectivity index (χ0n) is 17.0. The Bertz CT molecular complexity index is 919. The quantitative estimate of drug-likeness (QED) is 0.664. The second-order valence-electron chi connectivity index (χ2n) is 6.88. The minimum absolute atomic E-state index is 0.270. The maximum Gasteiger partial charge on any atom is 0.338 e. The van der Waals surface area contributed by atoms with Crippen LogP contribution < -0.4 is 15.4 Å².